The maximum atomic E-state index is 14.0. The van der Waals surface area contributed by atoms with E-state index in [0.29, 0.717) is 19.4 Å². The molecule has 0 amide bonds. The topological polar surface area (TPSA) is 32.7 Å². The lowest BCUT2D eigenvalue weighted by molar-refractivity contribution is -0.0672. The number of rotatable bonds is 5. The number of hydrogen-bond acceptors (Lipinski definition) is 3. The Morgan fingerprint density at radius 1 is 1.00 bits per heavy atom. The van der Waals surface area contributed by atoms with Crippen LogP contribution in [0.15, 0.2) is 36.4 Å². The van der Waals surface area contributed by atoms with E-state index in [-0.39, 0.29) is 23.8 Å². The summed E-state index contributed by atoms with van der Waals surface area (Å²) in [6.45, 7) is 2.77. The van der Waals surface area contributed by atoms with Crippen molar-refractivity contribution in [3.05, 3.63) is 59.2 Å². The van der Waals surface area contributed by atoms with Gasteiger partial charge in [0.05, 0.1) is 12.1 Å². The van der Waals surface area contributed by atoms with Crippen molar-refractivity contribution >= 4 is 11.4 Å². The van der Waals surface area contributed by atoms with Crippen molar-refractivity contribution in [1.29, 1.82) is 0 Å². The lowest BCUT2D eigenvalue weighted by atomic mass is 9.87. The number of ether oxygens (including phenoxy) is 1. The highest BCUT2D eigenvalue weighted by Crippen LogP contribution is 2.41. The zero-order chi connectivity index (χ0) is 20.4. The predicted molar refractivity (Wildman–Crippen MR) is 111 cm³/mol. The normalized spacial score (nSPS) is 24.0. The van der Waals surface area contributed by atoms with Gasteiger partial charge in [0.25, 0.3) is 0 Å². The molecule has 3 nitrogen and oxygen atoms in total. The van der Waals surface area contributed by atoms with Crippen LogP contribution in [0.1, 0.15) is 50.2 Å². The Labute approximate surface area is 171 Å². The zero-order valence-electron chi connectivity index (χ0n) is 16.9. The molecule has 1 aliphatic carbocycles. The highest BCUT2D eigenvalue weighted by molar-refractivity contribution is 5.72. The van der Waals surface area contributed by atoms with Crippen molar-refractivity contribution in [2.45, 2.75) is 70.1 Å². The second-order valence-electron chi connectivity index (χ2n) is 8.17. The average Bonchev–Trinajstić information content (AvgIpc) is 2.86. The highest BCUT2D eigenvalue weighted by atomic mass is 19.1. The second kappa shape index (κ2) is 8.80. The molecule has 29 heavy (non-hydrogen) atoms. The van der Waals surface area contributed by atoms with Gasteiger partial charge in [0.15, 0.2) is 0 Å². The number of halogens is 2. The molecule has 0 unspecified atom stereocenters. The molecule has 1 N–H and O–H groups in total. The molecule has 3 atom stereocenters. The summed E-state index contributed by atoms with van der Waals surface area (Å²) >= 11 is 0. The van der Waals surface area contributed by atoms with E-state index in [4.69, 9.17) is 4.74 Å². The van der Waals surface area contributed by atoms with Crippen LogP contribution >= 0.6 is 0 Å². The van der Waals surface area contributed by atoms with Crippen molar-refractivity contribution in [2.24, 2.45) is 0 Å². The molecule has 156 valence electrons. The van der Waals surface area contributed by atoms with E-state index in [0.717, 1.165) is 54.6 Å². The maximum absolute atomic E-state index is 14.0. The summed E-state index contributed by atoms with van der Waals surface area (Å²) in [5, 5.41) is 11.2. The summed E-state index contributed by atoms with van der Waals surface area (Å²) in [6.07, 6.45) is 5.02. The quantitative estimate of drug-likeness (QED) is 0.690. The monoisotopic (exact) mass is 401 g/mol. The molecular formula is C24H29F2NO2. The third-order valence-electron chi connectivity index (χ3n) is 6.19. The zero-order valence-corrected chi connectivity index (χ0v) is 16.9. The first-order valence-corrected chi connectivity index (χ1v) is 10.7. The van der Waals surface area contributed by atoms with E-state index < -0.39 is 6.10 Å². The smallest absolute Gasteiger partial charge is 0.123 e. The molecule has 4 rings (SSSR count). The van der Waals surface area contributed by atoms with Gasteiger partial charge in [0, 0.05) is 18.0 Å². The number of nitrogens with zero attached hydrogens (tertiary/aromatic N) is 1. The number of aliphatic hydroxyl groups excluding tert-OH is 1. The molecule has 5 heteroatoms. The molecule has 0 spiro atoms. The maximum Gasteiger partial charge on any atom is 0.123 e. The van der Waals surface area contributed by atoms with Gasteiger partial charge in [-0.05, 0) is 86.1 Å². The average molecular weight is 401 g/mol. The Kier molecular flexibility index (Phi) is 6.16. The predicted octanol–water partition coefficient (Wildman–Crippen LogP) is 5.30. The Morgan fingerprint density at radius 2 is 1.62 bits per heavy atom. The third kappa shape index (κ3) is 4.17. The Hall–Kier alpha value is -1.98. The molecule has 1 aliphatic heterocycles. The van der Waals surface area contributed by atoms with Crippen LogP contribution in [-0.2, 0) is 17.6 Å². The van der Waals surface area contributed by atoms with Gasteiger partial charge in [0.2, 0.25) is 0 Å². The summed E-state index contributed by atoms with van der Waals surface area (Å²) in [5.41, 5.74) is 3.58. The number of unbranched alkanes of at least 4 members (excludes halogenated alkanes) is 1. The minimum atomic E-state index is -0.658. The van der Waals surface area contributed by atoms with Crippen LogP contribution in [0, 0.1) is 11.6 Å². The fraction of sp³-hybridized carbons (Fsp3) is 0.500. The minimum absolute atomic E-state index is 0.193. The largest absolute Gasteiger partial charge is 0.388 e. The fourth-order valence-electron chi connectivity index (χ4n) is 4.70. The summed E-state index contributed by atoms with van der Waals surface area (Å²) in [7, 11) is 0. The summed E-state index contributed by atoms with van der Waals surface area (Å²) in [5.74, 6) is -0.545. The molecule has 0 saturated heterocycles. The molecule has 1 heterocycles. The number of fused-ring (bicyclic) bond motifs is 2. The second-order valence-corrected chi connectivity index (χ2v) is 8.17. The van der Waals surface area contributed by atoms with Gasteiger partial charge >= 0.3 is 0 Å². The fourth-order valence-corrected chi connectivity index (χ4v) is 4.70. The van der Waals surface area contributed by atoms with Crippen LogP contribution in [0.3, 0.4) is 0 Å². The molecule has 1 fully saturated rings. The van der Waals surface area contributed by atoms with Crippen molar-refractivity contribution in [1.82, 2.24) is 0 Å². The summed E-state index contributed by atoms with van der Waals surface area (Å²) < 4.78 is 33.9. The summed E-state index contributed by atoms with van der Waals surface area (Å²) in [6, 6.07) is 9.44. The van der Waals surface area contributed by atoms with Gasteiger partial charge in [-0.25, -0.2) is 8.78 Å². The number of anilines is 2. The van der Waals surface area contributed by atoms with Crippen LogP contribution in [-0.4, -0.2) is 30.0 Å². The molecule has 1 saturated carbocycles. The molecule has 2 aromatic carbocycles. The van der Waals surface area contributed by atoms with Crippen molar-refractivity contribution in [2.75, 3.05) is 11.5 Å². The molecule has 2 aliphatic rings. The van der Waals surface area contributed by atoms with Gasteiger partial charge in [-0.3, -0.25) is 0 Å². The van der Waals surface area contributed by atoms with Crippen LogP contribution in [0.4, 0.5) is 20.2 Å². The molecule has 2 aromatic rings. The number of hydrogen-bond donors (Lipinski definition) is 1. The van der Waals surface area contributed by atoms with E-state index in [1.54, 1.807) is 24.3 Å². The Bertz CT molecular complexity index is 803. The van der Waals surface area contributed by atoms with Gasteiger partial charge in [-0.15, -0.1) is 0 Å². The standard InChI is InChI=1S/C24H29F2NO2/c1-2-3-13-29-23-6-4-5-22(24(23)28)27-20-11-9-18(25)14-16(20)7-8-17-15-19(26)10-12-21(17)27/h9-12,14-15,22-24,28H,2-8,13H2,1H3/t22-,23-,24+/m1/s1. The molecule has 0 radical (unpaired) electrons. The van der Waals surface area contributed by atoms with Gasteiger partial charge in [-0.1, -0.05) is 13.3 Å². The van der Waals surface area contributed by atoms with Crippen LogP contribution in [0.5, 0.6) is 0 Å². The van der Waals surface area contributed by atoms with E-state index in [1.165, 1.54) is 12.1 Å². The van der Waals surface area contributed by atoms with E-state index in [9.17, 15) is 13.9 Å². The van der Waals surface area contributed by atoms with Gasteiger partial charge < -0.3 is 14.7 Å². The lowest BCUT2D eigenvalue weighted by Gasteiger charge is -2.43. The Morgan fingerprint density at radius 3 is 2.21 bits per heavy atom. The van der Waals surface area contributed by atoms with Crippen LogP contribution in [0.2, 0.25) is 0 Å². The van der Waals surface area contributed by atoms with Gasteiger partial charge in [-0.2, -0.15) is 0 Å². The van der Waals surface area contributed by atoms with Crippen LogP contribution in [0.25, 0.3) is 0 Å². The number of benzene rings is 2. The van der Waals surface area contributed by atoms with E-state index >= 15 is 0 Å². The minimum Gasteiger partial charge on any atom is -0.388 e. The van der Waals surface area contributed by atoms with E-state index in [1.807, 2.05) is 0 Å². The van der Waals surface area contributed by atoms with Crippen molar-refractivity contribution < 1.29 is 18.6 Å². The van der Waals surface area contributed by atoms with Crippen molar-refractivity contribution in [3.8, 4) is 0 Å². The lowest BCUT2D eigenvalue weighted by Crippen LogP contribution is -2.51. The number of aryl methyl sites for hydroxylation is 2. The molecule has 0 aromatic heterocycles. The first-order valence-electron chi connectivity index (χ1n) is 10.7. The molecule has 0 bridgehead atoms. The van der Waals surface area contributed by atoms with Crippen LogP contribution < -0.4 is 4.90 Å². The Balaban J connectivity index is 1.73. The first kappa shape index (κ1) is 20.3. The molecular weight excluding hydrogens is 372 g/mol. The SMILES string of the molecule is CCCCO[C@@H]1CCC[C@@H](N2c3ccc(F)cc3CCc3cc(F)ccc32)[C@@H]1O. The van der Waals surface area contributed by atoms with Crippen molar-refractivity contribution in [3.63, 3.8) is 0 Å². The van der Waals surface area contributed by atoms with E-state index in [2.05, 4.69) is 11.8 Å². The van der Waals surface area contributed by atoms with Gasteiger partial charge in [0.1, 0.15) is 17.7 Å². The first-order chi connectivity index (χ1) is 14.1. The summed E-state index contributed by atoms with van der Waals surface area (Å²) in [4.78, 5) is 2.11. The third-order valence-corrected chi connectivity index (χ3v) is 6.19. The highest BCUT2D eigenvalue weighted by Gasteiger charge is 2.39. The number of aliphatic hydroxyl groups is 1.